The number of benzene rings is 1. The molecule has 10 heteroatoms. The van der Waals surface area contributed by atoms with E-state index in [1.807, 2.05) is 0 Å². The summed E-state index contributed by atoms with van der Waals surface area (Å²) in [6, 6.07) is 2.96. The summed E-state index contributed by atoms with van der Waals surface area (Å²) in [6.45, 7) is 1.54. The van der Waals surface area contributed by atoms with Crippen molar-refractivity contribution in [2.24, 2.45) is 0 Å². The Morgan fingerprint density at radius 3 is 2.38 bits per heavy atom. The van der Waals surface area contributed by atoms with E-state index in [4.69, 9.17) is 5.11 Å². The highest BCUT2D eigenvalue weighted by Crippen LogP contribution is 2.26. The van der Waals surface area contributed by atoms with Crippen LogP contribution >= 0.6 is 0 Å². The van der Waals surface area contributed by atoms with Crippen molar-refractivity contribution in [3.63, 3.8) is 0 Å². The molecule has 114 valence electrons. The molecule has 1 aromatic carbocycles. The van der Waals surface area contributed by atoms with Gasteiger partial charge < -0.3 is 5.11 Å². The van der Waals surface area contributed by atoms with Crippen molar-refractivity contribution in [1.82, 2.24) is 0 Å². The van der Waals surface area contributed by atoms with E-state index in [9.17, 15) is 29.2 Å². The average Bonchev–Trinajstić information content (AvgIpc) is 2.38. The third-order valence-corrected chi connectivity index (χ3v) is 4.50. The molecule has 0 heterocycles. The van der Waals surface area contributed by atoms with Gasteiger partial charge in [0.1, 0.15) is 5.25 Å². The van der Waals surface area contributed by atoms with Crippen molar-refractivity contribution in [2.75, 3.05) is 0 Å². The monoisotopic (exact) mass is 316 g/mol. The van der Waals surface area contributed by atoms with Gasteiger partial charge >= 0.3 is 5.97 Å². The second kappa shape index (κ2) is 6.88. The van der Waals surface area contributed by atoms with Crippen LogP contribution in [0.15, 0.2) is 18.2 Å². The Bertz CT molecular complexity index is 617. The lowest BCUT2D eigenvalue weighted by Crippen LogP contribution is -2.25. The lowest BCUT2D eigenvalue weighted by Gasteiger charge is -2.09. The van der Waals surface area contributed by atoms with Crippen molar-refractivity contribution in [2.45, 2.75) is 24.3 Å². The van der Waals surface area contributed by atoms with Gasteiger partial charge in [-0.05, 0) is 12.5 Å². The van der Waals surface area contributed by atoms with Crippen LogP contribution in [0.5, 0.6) is 0 Å². The van der Waals surface area contributed by atoms with Crippen LogP contribution in [-0.4, -0.2) is 30.4 Å². The Morgan fingerprint density at radius 2 is 1.95 bits per heavy atom. The zero-order chi connectivity index (χ0) is 16.2. The van der Waals surface area contributed by atoms with Crippen molar-refractivity contribution in [3.05, 3.63) is 44.0 Å². The first-order valence-corrected chi connectivity index (χ1v) is 7.17. The summed E-state index contributed by atoms with van der Waals surface area (Å²) in [5.41, 5.74) is -0.997. The van der Waals surface area contributed by atoms with Crippen LogP contribution in [0.2, 0.25) is 0 Å². The predicted molar refractivity (Wildman–Crippen MR) is 73.3 cm³/mol. The van der Waals surface area contributed by atoms with Gasteiger partial charge in [-0.3, -0.25) is 29.2 Å². The standard InChI is InChI=1S/C11H12N2O7S/c1-2-10(11(14)15)21(20)6-7-3-4-8(12(16)17)5-9(7)13(18)19/h3-5,10H,2,6H2,1H3,(H,14,15). The Morgan fingerprint density at radius 1 is 1.33 bits per heavy atom. The van der Waals surface area contributed by atoms with Crippen LogP contribution in [0.25, 0.3) is 0 Å². The van der Waals surface area contributed by atoms with E-state index in [-0.39, 0.29) is 17.7 Å². The average molecular weight is 316 g/mol. The highest BCUT2D eigenvalue weighted by molar-refractivity contribution is 7.85. The Balaban J connectivity index is 3.13. The van der Waals surface area contributed by atoms with Crippen LogP contribution in [0.3, 0.4) is 0 Å². The highest BCUT2D eigenvalue weighted by Gasteiger charge is 2.26. The van der Waals surface area contributed by atoms with Gasteiger partial charge in [0.15, 0.2) is 0 Å². The number of hydrogen-bond acceptors (Lipinski definition) is 6. The quantitative estimate of drug-likeness (QED) is 0.595. The molecule has 1 rings (SSSR count). The Labute approximate surface area is 121 Å². The molecule has 2 atom stereocenters. The normalized spacial score (nSPS) is 13.4. The van der Waals surface area contributed by atoms with Gasteiger partial charge in [0.2, 0.25) is 0 Å². The summed E-state index contributed by atoms with van der Waals surface area (Å²) in [4.78, 5) is 30.8. The number of nitro benzene ring substituents is 2. The Kier molecular flexibility index (Phi) is 5.47. The largest absolute Gasteiger partial charge is 0.480 e. The molecular weight excluding hydrogens is 304 g/mol. The maximum Gasteiger partial charge on any atom is 0.319 e. The molecule has 0 spiro atoms. The fourth-order valence-corrected chi connectivity index (χ4v) is 3.03. The second-order valence-electron chi connectivity index (χ2n) is 4.09. The molecule has 9 nitrogen and oxygen atoms in total. The molecule has 21 heavy (non-hydrogen) atoms. The molecular formula is C11H12N2O7S. The van der Waals surface area contributed by atoms with Crippen LogP contribution in [0.4, 0.5) is 11.4 Å². The number of aliphatic carboxylic acids is 1. The van der Waals surface area contributed by atoms with Crippen molar-refractivity contribution < 1.29 is 24.0 Å². The topological polar surface area (TPSA) is 141 Å². The number of rotatable bonds is 7. The number of hydrogen-bond donors (Lipinski definition) is 1. The summed E-state index contributed by atoms with van der Waals surface area (Å²) in [6.07, 6.45) is 0.114. The first kappa shape index (κ1) is 16.7. The molecule has 1 aromatic rings. The van der Waals surface area contributed by atoms with Crippen molar-refractivity contribution in [1.29, 1.82) is 0 Å². The number of carboxylic acid groups (broad SMARTS) is 1. The third kappa shape index (κ3) is 4.05. The SMILES string of the molecule is CCC(C(=O)O)S(=O)Cc1ccc([N+](=O)[O-])cc1[N+](=O)[O-]. The van der Waals surface area contributed by atoms with Gasteiger partial charge in [-0.2, -0.15) is 0 Å². The number of non-ortho nitro benzene ring substituents is 1. The minimum Gasteiger partial charge on any atom is -0.480 e. The fourth-order valence-electron chi connectivity index (χ4n) is 1.68. The van der Waals surface area contributed by atoms with E-state index in [0.29, 0.717) is 0 Å². The molecule has 0 aliphatic rings. The van der Waals surface area contributed by atoms with Crippen LogP contribution in [0.1, 0.15) is 18.9 Å². The Hall–Kier alpha value is -2.36. The second-order valence-corrected chi connectivity index (χ2v) is 5.71. The molecule has 1 N–H and O–H groups in total. The molecule has 2 unspecified atom stereocenters. The van der Waals surface area contributed by atoms with E-state index in [1.54, 1.807) is 6.92 Å². The van der Waals surface area contributed by atoms with Crippen molar-refractivity contribution >= 4 is 28.1 Å². The van der Waals surface area contributed by atoms with Gasteiger partial charge in [-0.25, -0.2) is 0 Å². The van der Waals surface area contributed by atoms with Gasteiger partial charge in [0, 0.05) is 22.4 Å². The maximum atomic E-state index is 12.0. The van der Waals surface area contributed by atoms with E-state index in [0.717, 1.165) is 18.2 Å². The van der Waals surface area contributed by atoms with E-state index in [1.165, 1.54) is 0 Å². The first-order chi connectivity index (χ1) is 9.77. The fraction of sp³-hybridized carbons (Fsp3) is 0.364. The number of carbonyl (C=O) groups is 1. The molecule has 0 radical (unpaired) electrons. The van der Waals surface area contributed by atoms with Gasteiger partial charge in [0.25, 0.3) is 11.4 Å². The third-order valence-electron chi connectivity index (χ3n) is 2.74. The minimum atomic E-state index is -1.86. The number of carboxylic acids is 1. The smallest absolute Gasteiger partial charge is 0.319 e. The predicted octanol–water partition coefficient (Wildman–Crippen LogP) is 1.61. The minimum absolute atomic E-state index is 0.00336. The summed E-state index contributed by atoms with van der Waals surface area (Å²) < 4.78 is 12.0. The maximum absolute atomic E-state index is 12.0. The summed E-state index contributed by atoms with van der Waals surface area (Å²) in [7, 11) is -1.86. The molecule has 0 aromatic heterocycles. The van der Waals surface area contributed by atoms with E-state index in [2.05, 4.69) is 0 Å². The number of nitrogens with zero attached hydrogens (tertiary/aromatic N) is 2. The van der Waals surface area contributed by atoms with Crippen molar-refractivity contribution in [3.8, 4) is 0 Å². The summed E-state index contributed by atoms with van der Waals surface area (Å²) >= 11 is 0. The molecule has 0 aliphatic carbocycles. The van der Waals surface area contributed by atoms with Crippen LogP contribution < -0.4 is 0 Å². The highest BCUT2D eigenvalue weighted by atomic mass is 32.2. The van der Waals surface area contributed by atoms with E-state index < -0.39 is 43.2 Å². The van der Waals surface area contributed by atoms with Crippen LogP contribution in [0, 0.1) is 20.2 Å². The van der Waals surface area contributed by atoms with E-state index >= 15 is 0 Å². The molecule has 0 saturated heterocycles. The van der Waals surface area contributed by atoms with Gasteiger partial charge in [-0.15, -0.1) is 0 Å². The molecule has 0 amide bonds. The lowest BCUT2D eigenvalue weighted by molar-refractivity contribution is -0.394. The molecule has 0 bridgehead atoms. The first-order valence-electron chi connectivity index (χ1n) is 5.79. The van der Waals surface area contributed by atoms with Gasteiger partial charge in [-0.1, -0.05) is 6.92 Å². The number of nitro groups is 2. The summed E-state index contributed by atoms with van der Waals surface area (Å²) in [5, 5.41) is 29.3. The molecule has 0 aliphatic heterocycles. The lowest BCUT2D eigenvalue weighted by atomic mass is 10.2. The molecule has 0 fully saturated rings. The van der Waals surface area contributed by atoms with Gasteiger partial charge in [0.05, 0.1) is 21.7 Å². The molecule has 0 saturated carbocycles. The summed E-state index contributed by atoms with van der Waals surface area (Å²) in [5.74, 6) is -1.60. The zero-order valence-corrected chi connectivity index (χ0v) is 11.7. The zero-order valence-electron chi connectivity index (χ0n) is 10.9. The van der Waals surface area contributed by atoms with Crippen LogP contribution in [-0.2, 0) is 21.3 Å².